The van der Waals surface area contributed by atoms with E-state index in [1.165, 1.54) is 5.56 Å². The summed E-state index contributed by atoms with van der Waals surface area (Å²) in [5.41, 5.74) is 1.42. The first-order valence-electron chi connectivity index (χ1n) is 4.06. The molecule has 1 saturated carbocycles. The van der Waals surface area contributed by atoms with Crippen LogP contribution in [0.5, 0.6) is 0 Å². The molecule has 2 rings (SSSR count). The molecule has 0 aromatic carbocycles. The largest absolute Gasteiger partial charge is 0.393 e. The Hall–Kier alpha value is -0.340. The Kier molecular flexibility index (Phi) is 1.96. The van der Waals surface area contributed by atoms with E-state index in [2.05, 4.69) is 16.8 Å². The second-order valence-electron chi connectivity index (χ2n) is 3.22. The summed E-state index contributed by atoms with van der Waals surface area (Å²) in [6.45, 7) is 0. The molecule has 60 valence electrons. The second kappa shape index (κ2) is 2.95. The molecule has 1 fully saturated rings. The summed E-state index contributed by atoms with van der Waals surface area (Å²) in [6.07, 6.45) is 3.08. The van der Waals surface area contributed by atoms with Crippen molar-refractivity contribution < 1.29 is 5.11 Å². The van der Waals surface area contributed by atoms with Crippen LogP contribution in [0.1, 0.15) is 30.7 Å². The van der Waals surface area contributed by atoms with Crippen LogP contribution in [0.25, 0.3) is 0 Å². The maximum Gasteiger partial charge on any atom is 0.0546 e. The minimum absolute atomic E-state index is 0.0418. The number of hydrogen-bond acceptors (Lipinski definition) is 2. The molecule has 0 aliphatic heterocycles. The van der Waals surface area contributed by atoms with Crippen molar-refractivity contribution in [3.63, 3.8) is 0 Å². The van der Waals surface area contributed by atoms with E-state index in [0.29, 0.717) is 5.92 Å². The zero-order valence-corrected chi connectivity index (χ0v) is 7.18. The van der Waals surface area contributed by atoms with Gasteiger partial charge in [-0.15, -0.1) is 0 Å². The lowest BCUT2D eigenvalue weighted by Gasteiger charge is -2.04. The van der Waals surface area contributed by atoms with Crippen molar-refractivity contribution in [1.82, 2.24) is 0 Å². The molecule has 1 nitrogen and oxygen atoms in total. The van der Waals surface area contributed by atoms with Gasteiger partial charge >= 0.3 is 0 Å². The molecular formula is C9H12OS. The summed E-state index contributed by atoms with van der Waals surface area (Å²) in [4.78, 5) is 0. The maximum atomic E-state index is 9.30. The third-order valence-corrected chi connectivity index (χ3v) is 3.12. The molecule has 1 heterocycles. The van der Waals surface area contributed by atoms with Crippen LogP contribution >= 0.6 is 11.3 Å². The van der Waals surface area contributed by atoms with E-state index in [-0.39, 0.29) is 6.10 Å². The third kappa shape index (κ3) is 1.47. The van der Waals surface area contributed by atoms with Gasteiger partial charge in [-0.2, -0.15) is 11.3 Å². The quantitative estimate of drug-likeness (QED) is 0.682. The lowest BCUT2D eigenvalue weighted by Crippen LogP contribution is -1.98. The molecule has 1 aliphatic rings. The molecule has 1 N–H and O–H groups in total. The highest BCUT2D eigenvalue weighted by atomic mass is 32.1. The van der Waals surface area contributed by atoms with Gasteiger partial charge in [-0.3, -0.25) is 0 Å². The van der Waals surface area contributed by atoms with Gasteiger partial charge in [0.25, 0.3) is 0 Å². The minimum Gasteiger partial charge on any atom is -0.393 e. The van der Waals surface area contributed by atoms with Crippen LogP contribution < -0.4 is 0 Å². The molecule has 2 unspecified atom stereocenters. The highest BCUT2D eigenvalue weighted by Crippen LogP contribution is 2.35. The lowest BCUT2D eigenvalue weighted by molar-refractivity contribution is 0.181. The first kappa shape index (κ1) is 7.32. The molecular weight excluding hydrogens is 156 g/mol. The van der Waals surface area contributed by atoms with Crippen LogP contribution in [-0.4, -0.2) is 11.2 Å². The summed E-state index contributed by atoms with van der Waals surface area (Å²) in [5.74, 6) is 0.635. The van der Waals surface area contributed by atoms with E-state index < -0.39 is 0 Å². The van der Waals surface area contributed by atoms with E-state index in [4.69, 9.17) is 0 Å². The van der Waals surface area contributed by atoms with Gasteiger partial charge in [0.2, 0.25) is 0 Å². The van der Waals surface area contributed by atoms with Gasteiger partial charge in [-0.25, -0.2) is 0 Å². The number of aliphatic hydroxyl groups is 1. The maximum absolute atomic E-state index is 9.30. The third-order valence-electron chi connectivity index (χ3n) is 2.42. The van der Waals surface area contributed by atoms with Crippen molar-refractivity contribution >= 4 is 11.3 Å². The smallest absolute Gasteiger partial charge is 0.0546 e. The molecule has 1 aliphatic carbocycles. The average Bonchev–Trinajstić information content (AvgIpc) is 2.55. The molecule has 0 saturated heterocycles. The van der Waals surface area contributed by atoms with Crippen molar-refractivity contribution in [2.45, 2.75) is 31.3 Å². The Bertz CT molecular complexity index is 217. The van der Waals surface area contributed by atoms with E-state index in [1.54, 1.807) is 11.3 Å². The predicted octanol–water partition coefficient (Wildman–Crippen LogP) is 2.38. The van der Waals surface area contributed by atoms with E-state index in [9.17, 15) is 5.11 Å². The molecule has 0 amide bonds. The van der Waals surface area contributed by atoms with Crippen LogP contribution in [0.3, 0.4) is 0 Å². The number of rotatable bonds is 1. The number of hydrogen-bond donors (Lipinski definition) is 1. The highest BCUT2D eigenvalue weighted by molar-refractivity contribution is 7.07. The summed E-state index contributed by atoms with van der Waals surface area (Å²) in [5, 5.41) is 13.6. The van der Waals surface area contributed by atoms with E-state index in [0.717, 1.165) is 19.3 Å². The lowest BCUT2D eigenvalue weighted by atomic mass is 10.0. The van der Waals surface area contributed by atoms with Crippen molar-refractivity contribution in [3.8, 4) is 0 Å². The normalized spacial score (nSPS) is 31.0. The van der Waals surface area contributed by atoms with Gasteiger partial charge in [0.15, 0.2) is 0 Å². The monoisotopic (exact) mass is 168 g/mol. The standard InChI is InChI=1S/C9H12OS/c10-9-2-1-7(5-9)8-3-4-11-6-8/h3-4,6-7,9-10H,1-2,5H2. The molecule has 11 heavy (non-hydrogen) atoms. The van der Waals surface area contributed by atoms with Gasteiger partial charge in [0.05, 0.1) is 6.10 Å². The van der Waals surface area contributed by atoms with Crippen molar-refractivity contribution in [3.05, 3.63) is 22.4 Å². The van der Waals surface area contributed by atoms with Crippen LogP contribution in [-0.2, 0) is 0 Å². The van der Waals surface area contributed by atoms with Gasteiger partial charge in [-0.05, 0) is 47.6 Å². The van der Waals surface area contributed by atoms with Crippen molar-refractivity contribution in [2.75, 3.05) is 0 Å². The van der Waals surface area contributed by atoms with Gasteiger partial charge in [0.1, 0.15) is 0 Å². The van der Waals surface area contributed by atoms with Crippen LogP contribution in [0.15, 0.2) is 16.8 Å². The molecule has 1 aromatic heterocycles. The van der Waals surface area contributed by atoms with Gasteiger partial charge in [-0.1, -0.05) is 0 Å². The van der Waals surface area contributed by atoms with Crippen molar-refractivity contribution in [1.29, 1.82) is 0 Å². The van der Waals surface area contributed by atoms with E-state index in [1.807, 2.05) is 0 Å². The second-order valence-corrected chi connectivity index (χ2v) is 4.00. The Morgan fingerprint density at radius 3 is 2.91 bits per heavy atom. The fourth-order valence-corrected chi connectivity index (χ4v) is 2.51. The van der Waals surface area contributed by atoms with Gasteiger partial charge in [0, 0.05) is 0 Å². The first-order valence-corrected chi connectivity index (χ1v) is 5.00. The van der Waals surface area contributed by atoms with Crippen LogP contribution in [0, 0.1) is 0 Å². The molecule has 1 aromatic rings. The van der Waals surface area contributed by atoms with Gasteiger partial charge < -0.3 is 5.11 Å². The number of aliphatic hydroxyl groups excluding tert-OH is 1. The first-order chi connectivity index (χ1) is 5.36. The Morgan fingerprint density at radius 2 is 2.36 bits per heavy atom. The summed E-state index contributed by atoms with van der Waals surface area (Å²) >= 11 is 1.75. The molecule has 0 spiro atoms. The fourth-order valence-electron chi connectivity index (χ4n) is 1.77. The zero-order chi connectivity index (χ0) is 7.68. The molecule has 0 bridgehead atoms. The SMILES string of the molecule is OC1CCC(c2ccsc2)C1. The number of thiophene rings is 1. The predicted molar refractivity (Wildman–Crippen MR) is 46.9 cm³/mol. The molecule has 2 atom stereocenters. The highest BCUT2D eigenvalue weighted by Gasteiger charge is 2.23. The summed E-state index contributed by atoms with van der Waals surface area (Å²) in [6, 6.07) is 2.17. The van der Waals surface area contributed by atoms with Crippen LogP contribution in [0.2, 0.25) is 0 Å². The Balaban J connectivity index is 2.08. The minimum atomic E-state index is -0.0418. The van der Waals surface area contributed by atoms with Crippen molar-refractivity contribution in [2.24, 2.45) is 0 Å². The molecule has 0 radical (unpaired) electrons. The zero-order valence-electron chi connectivity index (χ0n) is 6.36. The average molecular weight is 168 g/mol. The molecule has 2 heteroatoms. The van der Waals surface area contributed by atoms with Crippen LogP contribution in [0.4, 0.5) is 0 Å². The Morgan fingerprint density at radius 1 is 1.45 bits per heavy atom. The fraction of sp³-hybridized carbons (Fsp3) is 0.556. The van der Waals surface area contributed by atoms with E-state index >= 15 is 0 Å². The Labute approximate surface area is 70.7 Å². The topological polar surface area (TPSA) is 20.2 Å². The summed E-state index contributed by atoms with van der Waals surface area (Å²) in [7, 11) is 0. The summed E-state index contributed by atoms with van der Waals surface area (Å²) < 4.78 is 0.